The number of nitrogens with one attached hydrogen (secondary N) is 2. The lowest BCUT2D eigenvalue weighted by Gasteiger charge is -2.40. The van der Waals surface area contributed by atoms with Gasteiger partial charge >= 0.3 is 0 Å². The summed E-state index contributed by atoms with van der Waals surface area (Å²) in [6.45, 7) is 3.75. The first-order valence-electron chi connectivity index (χ1n) is 10.5. The van der Waals surface area contributed by atoms with Gasteiger partial charge in [-0.1, -0.05) is 19.4 Å². The van der Waals surface area contributed by atoms with Crippen molar-refractivity contribution in [3.8, 4) is 0 Å². The molecule has 2 aliphatic heterocycles. The number of unbranched alkanes of at least 4 members (excludes halogenated alkanes) is 1. The molecule has 2 fully saturated rings. The van der Waals surface area contributed by atoms with Crippen molar-refractivity contribution < 1.29 is 18.4 Å². The Kier molecular flexibility index (Phi) is 7.26. The molecule has 0 saturated carbocycles. The van der Waals surface area contributed by atoms with Gasteiger partial charge in [0.2, 0.25) is 10.0 Å². The maximum Gasteiger partial charge on any atom is 0.266 e. The topological polar surface area (TPSA) is 112 Å². The van der Waals surface area contributed by atoms with Crippen LogP contribution in [0.3, 0.4) is 0 Å². The number of hydroxylamine groups is 1. The van der Waals surface area contributed by atoms with E-state index >= 15 is 0 Å². The fourth-order valence-corrected chi connectivity index (χ4v) is 6.57. The van der Waals surface area contributed by atoms with Gasteiger partial charge < -0.3 is 5.32 Å². The molecule has 2 aliphatic rings. The van der Waals surface area contributed by atoms with E-state index in [1.807, 2.05) is 6.20 Å². The second kappa shape index (κ2) is 9.51. The van der Waals surface area contributed by atoms with Gasteiger partial charge in [0, 0.05) is 30.9 Å². The number of aromatic nitrogens is 1. The standard InChI is InChI=1S/C20H32N4O4S/c1-2-3-4-16-5-6-18(22-15-16)17-7-13-24(14-8-17)29(27,28)20(19(25)23-26)9-11-21-12-10-20/h5-6,15,17,21,26H,2-4,7-14H2,1H3,(H,23,25). The van der Waals surface area contributed by atoms with Gasteiger partial charge in [0.05, 0.1) is 0 Å². The molecule has 2 saturated heterocycles. The van der Waals surface area contributed by atoms with Crippen LogP contribution in [0.15, 0.2) is 18.3 Å². The number of aryl methyl sites for hydroxylation is 1. The first kappa shape index (κ1) is 22.1. The van der Waals surface area contributed by atoms with E-state index in [-0.39, 0.29) is 18.8 Å². The fraction of sp³-hybridized carbons (Fsp3) is 0.700. The normalized spacial score (nSPS) is 21.0. The Bertz CT molecular complexity index is 783. The largest absolute Gasteiger partial charge is 0.317 e. The van der Waals surface area contributed by atoms with Gasteiger partial charge in [0.15, 0.2) is 4.75 Å². The minimum atomic E-state index is -3.88. The van der Waals surface area contributed by atoms with Gasteiger partial charge in [-0.2, -0.15) is 0 Å². The average Bonchev–Trinajstić information content (AvgIpc) is 2.78. The van der Waals surface area contributed by atoms with Crippen molar-refractivity contribution in [2.24, 2.45) is 0 Å². The Morgan fingerprint density at radius 2 is 2.00 bits per heavy atom. The molecule has 0 aromatic carbocycles. The van der Waals surface area contributed by atoms with E-state index in [0.29, 0.717) is 39.0 Å². The molecule has 162 valence electrons. The predicted molar refractivity (Wildman–Crippen MR) is 110 cm³/mol. The second-order valence-electron chi connectivity index (χ2n) is 8.06. The number of hydrogen-bond acceptors (Lipinski definition) is 6. The summed E-state index contributed by atoms with van der Waals surface area (Å²) in [6.07, 6.45) is 6.93. The maximum atomic E-state index is 13.4. The van der Waals surface area contributed by atoms with Gasteiger partial charge in [0.1, 0.15) is 0 Å². The van der Waals surface area contributed by atoms with Crippen molar-refractivity contribution in [1.82, 2.24) is 20.1 Å². The molecule has 3 N–H and O–H groups in total. The van der Waals surface area contributed by atoms with E-state index in [2.05, 4.69) is 29.4 Å². The number of sulfonamides is 1. The lowest BCUT2D eigenvalue weighted by Crippen LogP contribution is -2.61. The highest BCUT2D eigenvalue weighted by molar-refractivity contribution is 7.91. The van der Waals surface area contributed by atoms with Crippen LogP contribution in [0.5, 0.6) is 0 Å². The Morgan fingerprint density at radius 1 is 1.31 bits per heavy atom. The summed E-state index contributed by atoms with van der Waals surface area (Å²) in [5.74, 6) is -0.609. The highest BCUT2D eigenvalue weighted by Gasteiger charge is 2.54. The molecule has 0 atom stereocenters. The number of rotatable bonds is 7. The summed E-state index contributed by atoms with van der Waals surface area (Å²) in [5, 5.41) is 12.3. The van der Waals surface area contributed by atoms with Crippen LogP contribution < -0.4 is 10.8 Å². The van der Waals surface area contributed by atoms with Crippen molar-refractivity contribution in [1.29, 1.82) is 0 Å². The molecular formula is C20H32N4O4S. The first-order valence-corrected chi connectivity index (χ1v) is 12.0. The molecular weight excluding hydrogens is 392 g/mol. The molecule has 1 amide bonds. The Hall–Kier alpha value is -1.55. The Balaban J connectivity index is 1.68. The molecule has 0 radical (unpaired) electrons. The first-order chi connectivity index (χ1) is 13.9. The maximum absolute atomic E-state index is 13.4. The number of carbonyl (C=O) groups is 1. The van der Waals surface area contributed by atoms with E-state index in [4.69, 9.17) is 5.21 Å². The predicted octanol–water partition coefficient (Wildman–Crippen LogP) is 1.56. The lowest BCUT2D eigenvalue weighted by atomic mass is 9.93. The zero-order valence-electron chi connectivity index (χ0n) is 17.1. The highest BCUT2D eigenvalue weighted by Crippen LogP contribution is 2.35. The smallest absolute Gasteiger partial charge is 0.266 e. The monoisotopic (exact) mass is 424 g/mol. The molecule has 3 rings (SSSR count). The molecule has 0 unspecified atom stereocenters. The molecule has 8 nitrogen and oxygen atoms in total. The summed E-state index contributed by atoms with van der Waals surface area (Å²) in [4.78, 5) is 17.0. The van der Waals surface area contributed by atoms with Gasteiger partial charge in [-0.05, 0) is 63.2 Å². The molecule has 0 bridgehead atoms. The summed E-state index contributed by atoms with van der Waals surface area (Å²) < 4.78 is 26.6. The van der Waals surface area contributed by atoms with E-state index in [0.717, 1.165) is 25.0 Å². The van der Waals surface area contributed by atoms with Crippen LogP contribution in [0.1, 0.15) is 62.6 Å². The van der Waals surface area contributed by atoms with E-state index in [1.165, 1.54) is 9.87 Å². The molecule has 9 heteroatoms. The summed E-state index contributed by atoms with van der Waals surface area (Å²) in [6, 6.07) is 4.18. The van der Waals surface area contributed by atoms with Crippen LogP contribution in [0.4, 0.5) is 0 Å². The van der Waals surface area contributed by atoms with Crippen molar-refractivity contribution in [2.45, 2.75) is 62.5 Å². The number of hydrogen-bond donors (Lipinski definition) is 3. The number of carbonyl (C=O) groups excluding carboxylic acids is 1. The van der Waals surface area contributed by atoms with Crippen LogP contribution in [0.2, 0.25) is 0 Å². The summed E-state index contributed by atoms with van der Waals surface area (Å²) >= 11 is 0. The third-order valence-electron chi connectivity index (χ3n) is 6.30. The molecule has 3 heterocycles. The van der Waals surface area contributed by atoms with Crippen molar-refractivity contribution in [3.05, 3.63) is 29.6 Å². The molecule has 1 aromatic heterocycles. The van der Waals surface area contributed by atoms with Gasteiger partial charge in [0.25, 0.3) is 5.91 Å². The molecule has 0 spiro atoms. The van der Waals surface area contributed by atoms with Gasteiger partial charge in [-0.25, -0.2) is 18.2 Å². The summed E-state index contributed by atoms with van der Waals surface area (Å²) in [7, 11) is -3.88. The van der Waals surface area contributed by atoms with E-state index < -0.39 is 20.7 Å². The minimum absolute atomic E-state index is 0.155. The Labute approximate surface area is 173 Å². The van der Waals surface area contributed by atoms with Crippen molar-refractivity contribution in [2.75, 3.05) is 26.2 Å². The van der Waals surface area contributed by atoms with Gasteiger partial charge in [-0.3, -0.25) is 15.0 Å². The van der Waals surface area contributed by atoms with E-state index in [1.54, 1.807) is 5.48 Å². The van der Waals surface area contributed by atoms with Crippen LogP contribution >= 0.6 is 0 Å². The third kappa shape index (κ3) is 4.47. The molecule has 29 heavy (non-hydrogen) atoms. The van der Waals surface area contributed by atoms with Gasteiger partial charge in [-0.15, -0.1) is 0 Å². The van der Waals surface area contributed by atoms with Crippen LogP contribution in [0, 0.1) is 0 Å². The Morgan fingerprint density at radius 3 is 2.55 bits per heavy atom. The molecule has 1 aromatic rings. The quantitative estimate of drug-likeness (QED) is 0.452. The van der Waals surface area contributed by atoms with Crippen molar-refractivity contribution >= 4 is 15.9 Å². The zero-order valence-corrected chi connectivity index (χ0v) is 17.9. The number of amides is 1. The fourth-order valence-electron chi connectivity index (χ4n) is 4.38. The summed E-state index contributed by atoms with van der Waals surface area (Å²) in [5.41, 5.74) is 3.83. The van der Waals surface area contributed by atoms with Crippen LogP contribution in [0.25, 0.3) is 0 Å². The number of pyridine rings is 1. The average molecular weight is 425 g/mol. The molecule has 0 aliphatic carbocycles. The van der Waals surface area contributed by atoms with E-state index in [9.17, 15) is 13.2 Å². The van der Waals surface area contributed by atoms with Crippen LogP contribution in [-0.4, -0.2) is 59.7 Å². The zero-order chi connectivity index (χ0) is 20.9. The van der Waals surface area contributed by atoms with Crippen LogP contribution in [-0.2, 0) is 21.2 Å². The lowest BCUT2D eigenvalue weighted by molar-refractivity contribution is -0.132. The number of nitrogens with zero attached hydrogens (tertiary/aromatic N) is 2. The minimum Gasteiger partial charge on any atom is -0.317 e. The van der Waals surface area contributed by atoms with Crippen molar-refractivity contribution in [3.63, 3.8) is 0 Å². The SMILES string of the molecule is CCCCc1ccc(C2CCN(S(=O)(=O)C3(C(=O)NO)CCNCC3)CC2)nc1. The second-order valence-corrected chi connectivity index (χ2v) is 10.3. The number of piperidine rings is 2. The highest BCUT2D eigenvalue weighted by atomic mass is 32.2. The third-order valence-corrected chi connectivity index (χ3v) is 8.93.